The summed E-state index contributed by atoms with van der Waals surface area (Å²) >= 11 is 1.31. The minimum Gasteiger partial charge on any atom is -0.319 e. The van der Waals surface area contributed by atoms with Gasteiger partial charge in [-0.3, -0.25) is 4.79 Å². The second kappa shape index (κ2) is 6.97. The lowest BCUT2D eigenvalue weighted by Gasteiger charge is -2.07. The molecule has 0 saturated carbocycles. The molecule has 0 saturated heterocycles. The molecule has 3 aromatic rings. The van der Waals surface area contributed by atoms with Gasteiger partial charge in [0.1, 0.15) is 10.7 Å². The first-order valence-corrected chi connectivity index (χ1v) is 8.60. The van der Waals surface area contributed by atoms with Gasteiger partial charge in [0.15, 0.2) is 5.13 Å². The summed E-state index contributed by atoms with van der Waals surface area (Å²) in [7, 11) is 0. The van der Waals surface area contributed by atoms with Crippen molar-refractivity contribution in [3.8, 4) is 5.13 Å². The normalized spacial score (nSPS) is 10.8. The predicted octanol–water partition coefficient (Wildman–Crippen LogP) is 4.59. The van der Waals surface area contributed by atoms with Crippen molar-refractivity contribution < 1.29 is 9.18 Å². The molecule has 0 aliphatic heterocycles. The maximum atomic E-state index is 13.9. The van der Waals surface area contributed by atoms with Gasteiger partial charge in [-0.05, 0) is 43.2 Å². The van der Waals surface area contributed by atoms with E-state index in [0.29, 0.717) is 11.3 Å². The topological polar surface area (TPSA) is 46.9 Å². The number of anilines is 1. The zero-order chi connectivity index (χ0) is 17.1. The van der Waals surface area contributed by atoms with Crippen LogP contribution in [0.25, 0.3) is 5.13 Å². The molecule has 6 heteroatoms. The molecule has 0 unspecified atom stereocenters. The van der Waals surface area contributed by atoms with Gasteiger partial charge in [0.2, 0.25) is 0 Å². The molecule has 1 amide bonds. The van der Waals surface area contributed by atoms with Crippen molar-refractivity contribution in [1.82, 2.24) is 9.55 Å². The van der Waals surface area contributed by atoms with E-state index < -0.39 is 5.82 Å². The monoisotopic (exact) mass is 343 g/mol. The number of rotatable bonds is 5. The maximum absolute atomic E-state index is 13.9. The summed E-state index contributed by atoms with van der Waals surface area (Å²) in [5.41, 5.74) is 1.83. The van der Waals surface area contributed by atoms with Crippen LogP contribution in [0, 0.1) is 12.7 Å². The number of thiazole rings is 1. The van der Waals surface area contributed by atoms with Crippen molar-refractivity contribution >= 4 is 22.9 Å². The molecule has 1 aromatic carbocycles. The van der Waals surface area contributed by atoms with Crippen LogP contribution < -0.4 is 5.32 Å². The van der Waals surface area contributed by atoms with Crippen molar-refractivity contribution in [1.29, 1.82) is 0 Å². The highest BCUT2D eigenvalue weighted by molar-refractivity contribution is 7.16. The number of halogens is 1. The van der Waals surface area contributed by atoms with Crippen LogP contribution in [-0.4, -0.2) is 15.5 Å². The molecule has 0 spiro atoms. The second-order valence-electron chi connectivity index (χ2n) is 5.55. The summed E-state index contributed by atoms with van der Waals surface area (Å²) in [4.78, 5) is 17.7. The van der Waals surface area contributed by atoms with Crippen LogP contribution in [0.5, 0.6) is 0 Å². The number of nitrogens with zero attached hydrogens (tertiary/aromatic N) is 2. The Hall–Kier alpha value is -2.47. The number of aryl methyl sites for hydroxylation is 2. The smallest absolute Gasteiger partial charge is 0.267 e. The Morgan fingerprint density at radius 3 is 2.79 bits per heavy atom. The number of hydrogen-bond donors (Lipinski definition) is 1. The Morgan fingerprint density at radius 1 is 1.33 bits per heavy atom. The van der Waals surface area contributed by atoms with Crippen LogP contribution in [0.2, 0.25) is 0 Å². The summed E-state index contributed by atoms with van der Waals surface area (Å²) in [5.74, 6) is -0.764. The molecule has 2 aromatic heterocycles. The van der Waals surface area contributed by atoms with Crippen LogP contribution in [-0.2, 0) is 6.42 Å². The van der Waals surface area contributed by atoms with E-state index in [1.54, 1.807) is 12.1 Å². The number of aromatic nitrogens is 2. The first-order valence-electron chi connectivity index (χ1n) is 7.79. The highest BCUT2D eigenvalue weighted by Crippen LogP contribution is 2.25. The van der Waals surface area contributed by atoms with Gasteiger partial charge >= 0.3 is 0 Å². The van der Waals surface area contributed by atoms with Crippen molar-refractivity contribution in [2.45, 2.75) is 26.7 Å². The third-order valence-electron chi connectivity index (χ3n) is 3.57. The zero-order valence-corrected chi connectivity index (χ0v) is 14.4. The van der Waals surface area contributed by atoms with Crippen molar-refractivity contribution in [3.63, 3.8) is 0 Å². The first kappa shape index (κ1) is 16.4. The fourth-order valence-electron chi connectivity index (χ4n) is 2.41. The van der Waals surface area contributed by atoms with Crippen LogP contribution in [0.1, 0.15) is 34.3 Å². The predicted molar refractivity (Wildman–Crippen MR) is 94.5 cm³/mol. The highest BCUT2D eigenvalue weighted by Gasteiger charge is 2.19. The van der Waals surface area contributed by atoms with Crippen molar-refractivity contribution in [2.75, 3.05) is 5.32 Å². The third-order valence-corrected chi connectivity index (χ3v) is 4.68. The van der Waals surface area contributed by atoms with Gasteiger partial charge < -0.3 is 9.88 Å². The Morgan fingerprint density at radius 2 is 2.08 bits per heavy atom. The average Bonchev–Trinajstić information content (AvgIpc) is 3.20. The summed E-state index contributed by atoms with van der Waals surface area (Å²) in [5, 5.41) is 3.41. The number of carbonyl (C=O) groups excluding carboxylic acids is 1. The summed E-state index contributed by atoms with van der Waals surface area (Å²) in [6.45, 7) is 3.89. The summed E-state index contributed by atoms with van der Waals surface area (Å²) in [6, 6.07) is 8.46. The Labute approximate surface area is 144 Å². The lowest BCUT2D eigenvalue weighted by molar-refractivity contribution is 0.102. The number of benzene rings is 1. The highest BCUT2D eigenvalue weighted by atomic mass is 32.1. The van der Waals surface area contributed by atoms with E-state index in [1.165, 1.54) is 17.4 Å². The van der Waals surface area contributed by atoms with Crippen LogP contribution in [0.4, 0.5) is 10.1 Å². The lowest BCUT2D eigenvalue weighted by Crippen LogP contribution is -2.13. The molecule has 24 heavy (non-hydrogen) atoms. The molecule has 0 radical (unpaired) electrons. The molecule has 3 rings (SSSR count). The molecular formula is C18H18FN3OS. The van der Waals surface area contributed by atoms with Gasteiger partial charge in [-0.15, -0.1) is 0 Å². The molecule has 4 nitrogen and oxygen atoms in total. The zero-order valence-electron chi connectivity index (χ0n) is 13.5. The Balaban J connectivity index is 1.92. The fraction of sp³-hybridized carbons (Fsp3) is 0.222. The quantitative estimate of drug-likeness (QED) is 0.737. The van der Waals surface area contributed by atoms with Gasteiger partial charge in [0.05, 0.1) is 11.4 Å². The van der Waals surface area contributed by atoms with E-state index in [0.717, 1.165) is 22.8 Å². The minimum absolute atomic E-state index is 0.193. The van der Waals surface area contributed by atoms with Crippen molar-refractivity contribution in [2.24, 2.45) is 0 Å². The standard InChI is InChI=1S/C18H18FN3OS/c1-3-6-14-16(24-18(21-14)22-9-4-5-10-22)17(23)20-15-11-12(2)7-8-13(15)19/h4-5,7-11H,3,6H2,1-2H3,(H,20,23). The fourth-order valence-corrected chi connectivity index (χ4v) is 3.38. The van der Waals surface area contributed by atoms with E-state index in [-0.39, 0.29) is 11.6 Å². The van der Waals surface area contributed by atoms with Gasteiger partial charge in [-0.1, -0.05) is 30.7 Å². The lowest BCUT2D eigenvalue weighted by atomic mass is 10.2. The molecule has 0 atom stereocenters. The summed E-state index contributed by atoms with van der Waals surface area (Å²) < 4.78 is 15.8. The molecule has 0 bridgehead atoms. The average molecular weight is 343 g/mol. The molecule has 1 N–H and O–H groups in total. The molecule has 2 heterocycles. The number of amides is 1. The van der Waals surface area contributed by atoms with Gasteiger partial charge in [0.25, 0.3) is 5.91 Å². The number of hydrogen-bond acceptors (Lipinski definition) is 3. The van der Waals surface area contributed by atoms with E-state index in [2.05, 4.69) is 10.3 Å². The van der Waals surface area contributed by atoms with Gasteiger partial charge in [-0.2, -0.15) is 0 Å². The van der Waals surface area contributed by atoms with E-state index in [1.807, 2.05) is 42.9 Å². The first-order chi connectivity index (χ1) is 11.6. The molecule has 0 aliphatic carbocycles. The second-order valence-corrected chi connectivity index (χ2v) is 6.53. The Bertz CT molecular complexity index is 855. The maximum Gasteiger partial charge on any atom is 0.267 e. The largest absolute Gasteiger partial charge is 0.319 e. The van der Waals surface area contributed by atoms with Crippen LogP contribution >= 0.6 is 11.3 Å². The van der Waals surface area contributed by atoms with E-state index >= 15 is 0 Å². The van der Waals surface area contributed by atoms with E-state index in [9.17, 15) is 9.18 Å². The molecule has 0 aliphatic rings. The SMILES string of the molecule is CCCc1nc(-n2cccc2)sc1C(=O)Nc1cc(C)ccc1F. The van der Waals surface area contributed by atoms with E-state index in [4.69, 9.17) is 0 Å². The Kier molecular flexibility index (Phi) is 4.76. The molecule has 124 valence electrons. The van der Waals surface area contributed by atoms with Crippen LogP contribution in [0.15, 0.2) is 42.7 Å². The minimum atomic E-state index is -0.443. The van der Waals surface area contributed by atoms with Gasteiger partial charge in [0, 0.05) is 12.4 Å². The number of carbonyl (C=O) groups is 1. The number of nitrogens with one attached hydrogen (secondary N) is 1. The summed E-state index contributed by atoms with van der Waals surface area (Å²) in [6.07, 6.45) is 5.36. The third kappa shape index (κ3) is 3.38. The van der Waals surface area contributed by atoms with Crippen molar-refractivity contribution in [3.05, 3.63) is 64.7 Å². The molecule has 0 fully saturated rings. The van der Waals surface area contributed by atoms with Gasteiger partial charge in [-0.25, -0.2) is 9.37 Å². The van der Waals surface area contributed by atoms with Crippen LogP contribution in [0.3, 0.4) is 0 Å². The molecular weight excluding hydrogens is 325 g/mol.